The Kier molecular flexibility index (Phi) is 6.02. The van der Waals surface area contributed by atoms with Crippen LogP contribution in [0.1, 0.15) is 18.9 Å². The summed E-state index contributed by atoms with van der Waals surface area (Å²) in [6.07, 6.45) is 0.724. The van der Waals surface area contributed by atoms with Gasteiger partial charge < -0.3 is 4.74 Å². The Morgan fingerprint density at radius 1 is 1.04 bits per heavy atom. The minimum Gasteiger partial charge on any atom is -0.483 e. The molecule has 132 valence electrons. The first-order valence-corrected chi connectivity index (χ1v) is 9.19. The van der Waals surface area contributed by atoms with Gasteiger partial charge in [-0.2, -0.15) is 5.10 Å². The van der Waals surface area contributed by atoms with Gasteiger partial charge in [-0.3, -0.25) is 4.79 Å². The van der Waals surface area contributed by atoms with Gasteiger partial charge in [0.25, 0.3) is 5.91 Å². The summed E-state index contributed by atoms with van der Waals surface area (Å²) in [5.74, 6) is 0.327. The molecular formula is C21H19BrN2O2. The van der Waals surface area contributed by atoms with Crippen molar-refractivity contribution in [2.75, 3.05) is 6.61 Å². The van der Waals surface area contributed by atoms with E-state index in [9.17, 15) is 4.79 Å². The van der Waals surface area contributed by atoms with Gasteiger partial charge in [-0.1, -0.05) is 67.6 Å². The summed E-state index contributed by atoms with van der Waals surface area (Å²) in [7, 11) is 0. The molecule has 0 aliphatic rings. The van der Waals surface area contributed by atoms with Crippen molar-refractivity contribution in [2.24, 2.45) is 5.10 Å². The van der Waals surface area contributed by atoms with E-state index in [0.29, 0.717) is 5.75 Å². The Bertz CT molecular complexity index is 939. The first kappa shape index (κ1) is 18.1. The van der Waals surface area contributed by atoms with E-state index in [1.165, 1.54) is 0 Å². The number of ether oxygens (including phenoxy) is 1. The summed E-state index contributed by atoms with van der Waals surface area (Å²) in [5, 5.41) is 6.37. The fourth-order valence-corrected chi connectivity index (χ4v) is 3.22. The molecule has 4 nitrogen and oxygen atoms in total. The van der Waals surface area contributed by atoms with Crippen molar-refractivity contribution in [3.63, 3.8) is 0 Å². The molecule has 0 unspecified atom stereocenters. The van der Waals surface area contributed by atoms with Crippen LogP contribution in [-0.2, 0) is 4.79 Å². The van der Waals surface area contributed by atoms with E-state index in [1.54, 1.807) is 0 Å². The first-order valence-electron chi connectivity index (χ1n) is 8.40. The van der Waals surface area contributed by atoms with Crippen LogP contribution >= 0.6 is 15.9 Å². The summed E-state index contributed by atoms with van der Waals surface area (Å²) < 4.78 is 6.49. The highest BCUT2D eigenvalue weighted by Crippen LogP contribution is 2.32. The molecule has 1 amide bonds. The molecule has 0 saturated carbocycles. The first-order chi connectivity index (χ1) is 12.7. The highest BCUT2D eigenvalue weighted by molar-refractivity contribution is 9.10. The maximum atomic E-state index is 12.1. The smallest absolute Gasteiger partial charge is 0.277 e. The van der Waals surface area contributed by atoms with Gasteiger partial charge in [-0.05, 0) is 44.8 Å². The van der Waals surface area contributed by atoms with E-state index in [1.807, 2.05) is 73.7 Å². The second kappa shape index (κ2) is 8.63. The third-order valence-electron chi connectivity index (χ3n) is 3.94. The Hall–Kier alpha value is -2.66. The highest BCUT2D eigenvalue weighted by atomic mass is 79.9. The van der Waals surface area contributed by atoms with Crippen molar-refractivity contribution < 1.29 is 9.53 Å². The van der Waals surface area contributed by atoms with E-state index in [4.69, 9.17) is 4.74 Å². The van der Waals surface area contributed by atoms with Crippen molar-refractivity contribution in [3.05, 3.63) is 76.8 Å². The van der Waals surface area contributed by atoms with Gasteiger partial charge in [0.05, 0.1) is 10.2 Å². The van der Waals surface area contributed by atoms with Crippen LogP contribution in [0, 0.1) is 0 Å². The van der Waals surface area contributed by atoms with Crippen LogP contribution in [0.3, 0.4) is 0 Å². The summed E-state index contributed by atoms with van der Waals surface area (Å²) >= 11 is 3.55. The number of rotatable bonds is 6. The lowest BCUT2D eigenvalue weighted by Crippen LogP contribution is -2.26. The number of nitrogens with one attached hydrogen (secondary N) is 1. The molecule has 5 heteroatoms. The van der Waals surface area contributed by atoms with Gasteiger partial charge in [-0.15, -0.1) is 0 Å². The lowest BCUT2D eigenvalue weighted by molar-refractivity contribution is -0.123. The molecule has 0 bridgehead atoms. The number of hydrogen-bond acceptors (Lipinski definition) is 3. The molecule has 0 radical (unpaired) electrons. The Labute approximate surface area is 161 Å². The maximum Gasteiger partial charge on any atom is 0.277 e. The van der Waals surface area contributed by atoms with E-state index in [-0.39, 0.29) is 12.5 Å². The minimum atomic E-state index is -0.299. The molecule has 0 atom stereocenters. The second-order valence-electron chi connectivity index (χ2n) is 5.70. The Morgan fingerprint density at radius 3 is 2.54 bits per heavy atom. The zero-order chi connectivity index (χ0) is 18.4. The van der Waals surface area contributed by atoms with Crippen LogP contribution in [0.5, 0.6) is 5.75 Å². The van der Waals surface area contributed by atoms with Crippen molar-refractivity contribution in [1.82, 2.24) is 5.43 Å². The average Bonchev–Trinajstić information content (AvgIpc) is 2.69. The third-order valence-corrected chi connectivity index (χ3v) is 4.76. The molecule has 0 aromatic heterocycles. The molecule has 3 aromatic rings. The number of benzene rings is 3. The van der Waals surface area contributed by atoms with Gasteiger partial charge in [0.1, 0.15) is 5.75 Å². The molecule has 26 heavy (non-hydrogen) atoms. The monoisotopic (exact) mass is 410 g/mol. The maximum absolute atomic E-state index is 12.1. The normalized spacial score (nSPS) is 11.4. The molecule has 0 aliphatic heterocycles. The van der Waals surface area contributed by atoms with Gasteiger partial charge >= 0.3 is 0 Å². The fraction of sp³-hybridized carbons (Fsp3) is 0.143. The van der Waals surface area contributed by atoms with Crippen LogP contribution in [0.4, 0.5) is 0 Å². The number of fused-ring (bicyclic) bond motifs is 1. The van der Waals surface area contributed by atoms with Crippen molar-refractivity contribution >= 4 is 38.3 Å². The number of hydrazone groups is 1. The van der Waals surface area contributed by atoms with E-state index < -0.39 is 0 Å². The predicted octanol–water partition coefficient (Wildman–Crippen LogP) is 4.91. The molecular weight excluding hydrogens is 392 g/mol. The zero-order valence-electron chi connectivity index (χ0n) is 14.4. The standard InChI is InChI=1S/C21H19BrN2O2/c1-2-18(16-9-4-3-5-10-16)23-24-20(25)14-26-19-13-12-15-8-6-7-11-17(15)21(19)22/h3-13H,2,14H2,1H3,(H,24,25)/b23-18+. The van der Waals surface area contributed by atoms with Gasteiger partial charge in [-0.25, -0.2) is 5.43 Å². The number of carbonyl (C=O) groups excluding carboxylic acids is 1. The molecule has 3 aromatic carbocycles. The van der Waals surface area contributed by atoms with Crippen molar-refractivity contribution in [1.29, 1.82) is 0 Å². The van der Waals surface area contributed by atoms with Gasteiger partial charge in [0.15, 0.2) is 6.61 Å². The SMILES string of the molecule is CC/C(=N\NC(=O)COc1ccc2ccccc2c1Br)c1ccccc1. The van der Waals surface area contributed by atoms with Crippen molar-refractivity contribution in [2.45, 2.75) is 13.3 Å². The van der Waals surface area contributed by atoms with Crippen LogP contribution in [0.15, 0.2) is 76.3 Å². The lowest BCUT2D eigenvalue weighted by atomic mass is 10.1. The number of nitrogens with zero attached hydrogens (tertiary/aromatic N) is 1. The topological polar surface area (TPSA) is 50.7 Å². The molecule has 0 spiro atoms. The molecule has 0 fully saturated rings. The summed E-state index contributed by atoms with van der Waals surface area (Å²) in [6, 6.07) is 21.6. The average molecular weight is 411 g/mol. The van der Waals surface area contributed by atoms with E-state index >= 15 is 0 Å². The third kappa shape index (κ3) is 4.29. The number of amides is 1. The molecule has 1 N–H and O–H groups in total. The number of halogens is 1. The lowest BCUT2D eigenvalue weighted by Gasteiger charge is -2.10. The molecule has 0 saturated heterocycles. The van der Waals surface area contributed by atoms with Crippen molar-refractivity contribution in [3.8, 4) is 5.75 Å². The van der Waals surface area contributed by atoms with Crippen LogP contribution in [0.25, 0.3) is 10.8 Å². The number of carbonyl (C=O) groups is 1. The quantitative estimate of drug-likeness (QED) is 0.463. The minimum absolute atomic E-state index is 0.105. The van der Waals surface area contributed by atoms with E-state index in [0.717, 1.165) is 32.9 Å². The van der Waals surface area contributed by atoms with E-state index in [2.05, 4.69) is 26.5 Å². The zero-order valence-corrected chi connectivity index (χ0v) is 16.0. The summed E-state index contributed by atoms with van der Waals surface area (Å²) in [5.41, 5.74) is 4.39. The number of hydrogen-bond donors (Lipinski definition) is 1. The Morgan fingerprint density at radius 2 is 1.77 bits per heavy atom. The largest absolute Gasteiger partial charge is 0.483 e. The van der Waals surface area contributed by atoms with Gasteiger partial charge in [0.2, 0.25) is 0 Å². The predicted molar refractivity (Wildman–Crippen MR) is 109 cm³/mol. The highest BCUT2D eigenvalue weighted by Gasteiger charge is 2.09. The van der Waals surface area contributed by atoms with Crippen LogP contribution in [0.2, 0.25) is 0 Å². The molecule has 0 heterocycles. The van der Waals surface area contributed by atoms with Crippen LogP contribution < -0.4 is 10.2 Å². The van der Waals surface area contributed by atoms with Crippen LogP contribution in [-0.4, -0.2) is 18.2 Å². The summed E-state index contributed by atoms with van der Waals surface area (Å²) in [6.45, 7) is 1.90. The van der Waals surface area contributed by atoms with Gasteiger partial charge in [0, 0.05) is 0 Å². The molecule has 3 rings (SSSR count). The molecule has 0 aliphatic carbocycles. The Balaban J connectivity index is 1.64. The summed E-state index contributed by atoms with van der Waals surface area (Å²) in [4.78, 5) is 12.1. The second-order valence-corrected chi connectivity index (χ2v) is 6.49. The fourth-order valence-electron chi connectivity index (χ4n) is 2.61.